The van der Waals surface area contributed by atoms with E-state index in [9.17, 15) is 39.6 Å². The Morgan fingerprint density at radius 3 is 2.37 bits per heavy atom. The van der Waals surface area contributed by atoms with Gasteiger partial charge in [-0.05, 0) is 24.6 Å². The first-order chi connectivity index (χ1) is 18.2. The van der Waals surface area contributed by atoms with Crippen molar-refractivity contribution in [2.24, 2.45) is 0 Å². The molecule has 3 atom stereocenters. The molecule has 0 amide bonds. The number of aliphatic hydroxyl groups excluding tert-OH is 3. The minimum absolute atomic E-state index is 0.00692. The highest BCUT2D eigenvalue weighted by Crippen LogP contribution is 2.46. The summed E-state index contributed by atoms with van der Waals surface area (Å²) in [6, 6.07) is 11.7. The molecule has 0 radical (unpaired) electrons. The summed E-state index contributed by atoms with van der Waals surface area (Å²) < 4.78 is 0. The van der Waals surface area contributed by atoms with Gasteiger partial charge >= 0.3 is 5.69 Å². The zero-order chi connectivity index (χ0) is 27.6. The van der Waals surface area contributed by atoms with Gasteiger partial charge in [-0.2, -0.15) is 0 Å². The Kier molecular flexibility index (Phi) is 7.88. The van der Waals surface area contributed by atoms with Crippen LogP contribution >= 0.6 is 0 Å². The number of benzene rings is 2. The summed E-state index contributed by atoms with van der Waals surface area (Å²) in [4.78, 5) is 57.5. The summed E-state index contributed by atoms with van der Waals surface area (Å²) >= 11 is 0. The van der Waals surface area contributed by atoms with E-state index in [2.05, 4.69) is 9.97 Å². The molecule has 0 saturated carbocycles. The van der Waals surface area contributed by atoms with Gasteiger partial charge in [-0.25, -0.2) is 4.79 Å². The average molecular weight is 524 g/mol. The van der Waals surface area contributed by atoms with E-state index < -0.39 is 42.7 Å². The summed E-state index contributed by atoms with van der Waals surface area (Å²) in [6.45, 7) is 0.226. The van der Waals surface area contributed by atoms with E-state index in [1.54, 1.807) is 48.2 Å². The lowest BCUT2D eigenvalue weighted by atomic mass is 10.0. The van der Waals surface area contributed by atoms with Crippen molar-refractivity contribution in [2.45, 2.75) is 31.7 Å². The second kappa shape index (κ2) is 11.1. The zero-order valence-electron chi connectivity index (χ0n) is 20.5. The SMILES string of the molecule is Cc1cc2c(cc1C=O)N(C[C@@H](O)[C@@H](O)[C@@H](O)C[O-])c1[nH]c(=O)[nH]c(=O)c1N2CCC(=O)c1ccccc1. The van der Waals surface area contributed by atoms with Crippen LogP contribution in [-0.2, 0) is 0 Å². The Hall–Kier alpha value is -4.10. The van der Waals surface area contributed by atoms with Crippen molar-refractivity contribution in [3.05, 3.63) is 80.0 Å². The number of ketones is 1. The Morgan fingerprint density at radius 2 is 1.71 bits per heavy atom. The number of anilines is 4. The van der Waals surface area contributed by atoms with Gasteiger partial charge in [-0.15, -0.1) is 6.61 Å². The van der Waals surface area contributed by atoms with Gasteiger partial charge in [0.05, 0.1) is 24.0 Å². The maximum atomic E-state index is 13.1. The fourth-order valence-electron chi connectivity index (χ4n) is 4.46. The van der Waals surface area contributed by atoms with Gasteiger partial charge in [0.1, 0.15) is 30.0 Å². The standard InChI is InChI=1S/C26H27N4O8/c1-14-9-17-18(10-16(14)12-31)30(11-20(34)23(36)21(35)13-32)24-22(25(37)28-26(38)27-24)29(17)8-7-19(33)15-5-3-2-4-6-15/h2-6,9-10,12,20-21,23,34-36H,7-8,11,13H2,1H3,(H2,27,28,37,38)/q-1/t20-,21+,23-/m1/s1. The number of β-amino-alcohol motifs (C(OH)–C–C–N with tert-alkyl or cyclic N) is 1. The van der Waals surface area contributed by atoms with Crippen LogP contribution in [-0.4, -0.2) is 75.4 Å². The number of aromatic amines is 2. The summed E-state index contributed by atoms with van der Waals surface area (Å²) in [5.74, 6) is -0.231. The third-order valence-corrected chi connectivity index (χ3v) is 6.50. The van der Waals surface area contributed by atoms with E-state index in [1.165, 1.54) is 11.0 Å². The number of aldehydes is 1. The maximum Gasteiger partial charge on any atom is 0.327 e. The molecular weight excluding hydrogens is 496 g/mol. The van der Waals surface area contributed by atoms with Crippen molar-refractivity contribution in [1.29, 1.82) is 0 Å². The van der Waals surface area contributed by atoms with E-state index in [0.29, 0.717) is 34.4 Å². The van der Waals surface area contributed by atoms with Crippen LogP contribution in [0.3, 0.4) is 0 Å². The molecule has 1 aliphatic rings. The molecule has 38 heavy (non-hydrogen) atoms. The fourth-order valence-corrected chi connectivity index (χ4v) is 4.46. The van der Waals surface area contributed by atoms with Crippen LogP contribution < -0.4 is 26.2 Å². The van der Waals surface area contributed by atoms with Crippen LogP contribution in [0.4, 0.5) is 22.9 Å². The third kappa shape index (κ3) is 5.15. The molecule has 4 rings (SSSR count). The van der Waals surface area contributed by atoms with E-state index in [-0.39, 0.29) is 30.3 Å². The predicted molar refractivity (Wildman–Crippen MR) is 137 cm³/mol. The number of aromatic nitrogens is 2. The number of hydrogen-bond donors (Lipinski definition) is 5. The molecule has 2 aromatic carbocycles. The molecule has 3 aromatic rings. The van der Waals surface area contributed by atoms with E-state index in [0.717, 1.165) is 0 Å². The van der Waals surface area contributed by atoms with Gasteiger partial charge < -0.3 is 30.2 Å². The number of aryl methyl sites for hydroxylation is 1. The van der Waals surface area contributed by atoms with Crippen molar-refractivity contribution in [3.63, 3.8) is 0 Å². The smallest absolute Gasteiger partial charge is 0.327 e. The highest BCUT2D eigenvalue weighted by molar-refractivity contribution is 5.98. The van der Waals surface area contributed by atoms with Crippen LogP contribution in [0.2, 0.25) is 0 Å². The van der Waals surface area contributed by atoms with Crippen molar-refractivity contribution in [1.82, 2.24) is 9.97 Å². The Bertz CT molecular complexity index is 1450. The largest absolute Gasteiger partial charge is 0.853 e. The monoisotopic (exact) mass is 523 g/mol. The molecular formula is C26H27N4O8-. The number of H-pyrrole nitrogens is 2. The van der Waals surface area contributed by atoms with Gasteiger partial charge in [0, 0.05) is 24.1 Å². The third-order valence-electron chi connectivity index (χ3n) is 6.50. The first kappa shape index (κ1) is 26.9. The summed E-state index contributed by atoms with van der Waals surface area (Å²) in [5.41, 5.74) is 0.416. The van der Waals surface area contributed by atoms with Crippen molar-refractivity contribution < 1.29 is 30.0 Å². The number of rotatable bonds is 10. The molecule has 0 fully saturated rings. The number of Topliss-reactive ketones (excluding diaryl/α,β-unsaturated/α-hetero) is 1. The highest BCUT2D eigenvalue weighted by Gasteiger charge is 2.35. The number of nitrogens with zero attached hydrogens (tertiary/aromatic N) is 2. The molecule has 1 aliphatic heterocycles. The van der Waals surface area contributed by atoms with E-state index in [1.807, 2.05) is 0 Å². The summed E-state index contributed by atoms with van der Waals surface area (Å²) in [7, 11) is 0. The van der Waals surface area contributed by atoms with E-state index in [4.69, 9.17) is 0 Å². The topological polar surface area (TPSA) is 190 Å². The normalized spacial score (nSPS) is 14.9. The Labute approximate surface area is 216 Å². The molecule has 5 N–H and O–H groups in total. The summed E-state index contributed by atoms with van der Waals surface area (Å²) in [5, 5.41) is 41.6. The second-order valence-corrected chi connectivity index (χ2v) is 9.01. The number of hydrogen-bond acceptors (Lipinski definition) is 10. The highest BCUT2D eigenvalue weighted by atomic mass is 16.4. The van der Waals surface area contributed by atoms with Gasteiger partial charge in [-0.3, -0.25) is 24.4 Å². The molecule has 0 unspecified atom stereocenters. The van der Waals surface area contributed by atoms with Crippen LogP contribution in [0.25, 0.3) is 0 Å². The molecule has 0 bridgehead atoms. The molecule has 1 aromatic heterocycles. The Morgan fingerprint density at radius 1 is 1.03 bits per heavy atom. The van der Waals surface area contributed by atoms with Gasteiger partial charge in [0.15, 0.2) is 5.78 Å². The lowest BCUT2D eigenvalue weighted by Crippen LogP contribution is -2.48. The number of aliphatic hydroxyl groups is 3. The lowest BCUT2D eigenvalue weighted by molar-refractivity contribution is -0.389. The van der Waals surface area contributed by atoms with Crippen molar-refractivity contribution in [3.8, 4) is 0 Å². The van der Waals surface area contributed by atoms with Gasteiger partial charge in [0.25, 0.3) is 5.56 Å². The molecule has 12 heteroatoms. The number of fused-ring (bicyclic) bond motifs is 2. The average Bonchev–Trinajstić information content (AvgIpc) is 2.91. The molecule has 0 spiro atoms. The first-order valence-corrected chi connectivity index (χ1v) is 11.9. The van der Waals surface area contributed by atoms with Crippen molar-refractivity contribution >= 4 is 34.9 Å². The maximum absolute atomic E-state index is 13.1. The number of carbonyl (C=O) groups excluding carboxylic acids is 2. The zero-order valence-corrected chi connectivity index (χ0v) is 20.5. The van der Waals surface area contributed by atoms with E-state index >= 15 is 0 Å². The summed E-state index contributed by atoms with van der Waals surface area (Å²) in [6.07, 6.45) is -4.61. The molecule has 2 heterocycles. The molecule has 200 valence electrons. The quantitative estimate of drug-likeness (QED) is 0.171. The fraction of sp³-hybridized carbons (Fsp3) is 0.308. The molecule has 0 saturated heterocycles. The van der Waals surface area contributed by atoms with Crippen LogP contribution in [0.1, 0.15) is 32.7 Å². The number of carbonyl (C=O) groups is 2. The predicted octanol–water partition coefficient (Wildman–Crippen LogP) is -0.510. The van der Waals surface area contributed by atoms with Crippen LogP contribution in [0, 0.1) is 6.92 Å². The van der Waals surface area contributed by atoms with Gasteiger partial charge in [0.2, 0.25) is 0 Å². The number of nitrogens with one attached hydrogen (secondary N) is 2. The molecule has 12 nitrogen and oxygen atoms in total. The molecule has 0 aliphatic carbocycles. The van der Waals surface area contributed by atoms with Crippen LogP contribution in [0.15, 0.2) is 52.1 Å². The lowest BCUT2D eigenvalue weighted by Gasteiger charge is -2.40. The Balaban J connectivity index is 1.83. The van der Waals surface area contributed by atoms with Gasteiger partial charge in [-0.1, -0.05) is 30.3 Å². The minimum Gasteiger partial charge on any atom is -0.853 e. The first-order valence-electron chi connectivity index (χ1n) is 11.9. The minimum atomic E-state index is -1.81. The van der Waals surface area contributed by atoms with Crippen LogP contribution in [0.5, 0.6) is 0 Å². The van der Waals surface area contributed by atoms with Crippen molar-refractivity contribution in [2.75, 3.05) is 29.5 Å². The second-order valence-electron chi connectivity index (χ2n) is 9.01.